The average Bonchev–Trinajstić information content (AvgIpc) is 2.36. The summed E-state index contributed by atoms with van der Waals surface area (Å²) in [7, 11) is 0. The molecule has 0 aromatic carbocycles. The van der Waals surface area contributed by atoms with Crippen LogP contribution in [0.1, 0.15) is 32.3 Å². The molecule has 1 N–H and O–H groups in total. The molecule has 0 spiro atoms. The summed E-state index contributed by atoms with van der Waals surface area (Å²) in [5.74, 6) is 0. The van der Waals surface area contributed by atoms with E-state index in [1.54, 1.807) is 0 Å². The van der Waals surface area contributed by atoms with Crippen LogP contribution < -0.4 is 5.32 Å². The van der Waals surface area contributed by atoms with Crippen LogP contribution >= 0.6 is 15.9 Å². The van der Waals surface area contributed by atoms with Crippen molar-refractivity contribution in [3.8, 4) is 0 Å². The summed E-state index contributed by atoms with van der Waals surface area (Å²) < 4.78 is 6.48. The number of ether oxygens (including phenoxy) is 1. The summed E-state index contributed by atoms with van der Waals surface area (Å²) in [6.07, 6.45) is 6.95. The Hall–Kier alpha value is -0.450. The Labute approximate surface area is 118 Å². The van der Waals surface area contributed by atoms with Crippen molar-refractivity contribution < 1.29 is 4.74 Å². The zero-order valence-electron chi connectivity index (χ0n) is 11.3. The largest absolute Gasteiger partial charge is 0.382 e. The first-order chi connectivity index (χ1) is 8.76. The van der Waals surface area contributed by atoms with E-state index < -0.39 is 0 Å². The molecule has 4 heteroatoms. The van der Waals surface area contributed by atoms with Crippen molar-refractivity contribution in [1.82, 2.24) is 10.3 Å². The highest BCUT2D eigenvalue weighted by Gasteiger charge is 2.09. The second-order valence-electron chi connectivity index (χ2n) is 4.35. The fraction of sp³-hybridized carbons (Fsp3) is 0.643. The molecule has 0 fully saturated rings. The molecule has 0 saturated carbocycles. The number of hydrogen-bond donors (Lipinski definition) is 1. The molecule has 1 atom stereocenters. The van der Waals surface area contributed by atoms with E-state index in [1.807, 2.05) is 19.3 Å². The van der Waals surface area contributed by atoms with E-state index in [9.17, 15) is 0 Å². The van der Waals surface area contributed by atoms with Crippen LogP contribution in [0.4, 0.5) is 0 Å². The van der Waals surface area contributed by atoms with Gasteiger partial charge in [-0.2, -0.15) is 0 Å². The lowest BCUT2D eigenvalue weighted by atomic mass is 10.1. The lowest BCUT2D eigenvalue weighted by molar-refractivity contribution is 0.136. The Morgan fingerprint density at radius 1 is 1.39 bits per heavy atom. The highest BCUT2D eigenvalue weighted by Crippen LogP contribution is 2.12. The molecule has 3 nitrogen and oxygen atoms in total. The van der Waals surface area contributed by atoms with Crippen LogP contribution in [0, 0.1) is 0 Å². The van der Waals surface area contributed by atoms with Crippen LogP contribution in [0.25, 0.3) is 0 Å². The van der Waals surface area contributed by atoms with E-state index >= 15 is 0 Å². The van der Waals surface area contributed by atoms with E-state index in [1.165, 1.54) is 5.56 Å². The van der Waals surface area contributed by atoms with Crippen molar-refractivity contribution in [2.24, 2.45) is 0 Å². The maximum atomic E-state index is 5.44. The van der Waals surface area contributed by atoms with Crippen molar-refractivity contribution in [2.45, 2.75) is 39.2 Å². The fourth-order valence-electron chi connectivity index (χ4n) is 1.85. The molecule has 0 saturated heterocycles. The predicted molar refractivity (Wildman–Crippen MR) is 78.8 cm³/mol. The Balaban J connectivity index is 2.48. The van der Waals surface area contributed by atoms with Gasteiger partial charge >= 0.3 is 0 Å². The maximum absolute atomic E-state index is 5.44. The van der Waals surface area contributed by atoms with Gasteiger partial charge in [-0.25, -0.2) is 0 Å². The van der Waals surface area contributed by atoms with E-state index in [2.05, 4.69) is 39.2 Å². The van der Waals surface area contributed by atoms with Gasteiger partial charge in [-0.1, -0.05) is 6.92 Å². The highest BCUT2D eigenvalue weighted by molar-refractivity contribution is 9.10. The lowest BCUT2D eigenvalue weighted by Gasteiger charge is -2.18. The second kappa shape index (κ2) is 9.48. The highest BCUT2D eigenvalue weighted by atomic mass is 79.9. The zero-order valence-corrected chi connectivity index (χ0v) is 12.9. The molecule has 18 heavy (non-hydrogen) atoms. The van der Waals surface area contributed by atoms with Gasteiger partial charge in [-0.15, -0.1) is 0 Å². The first-order valence-corrected chi connectivity index (χ1v) is 7.46. The smallest absolute Gasteiger partial charge is 0.0480 e. The third-order valence-electron chi connectivity index (χ3n) is 2.74. The quantitative estimate of drug-likeness (QED) is 0.711. The third-order valence-corrected chi connectivity index (χ3v) is 3.18. The van der Waals surface area contributed by atoms with Crippen LogP contribution in [-0.2, 0) is 11.2 Å². The van der Waals surface area contributed by atoms with Gasteiger partial charge in [-0.05, 0) is 60.3 Å². The van der Waals surface area contributed by atoms with Gasteiger partial charge in [0, 0.05) is 36.1 Å². The fourth-order valence-corrected chi connectivity index (χ4v) is 2.26. The van der Waals surface area contributed by atoms with Gasteiger partial charge in [0.05, 0.1) is 0 Å². The van der Waals surface area contributed by atoms with Crippen LogP contribution in [-0.4, -0.2) is 30.8 Å². The Morgan fingerprint density at radius 3 is 2.89 bits per heavy atom. The van der Waals surface area contributed by atoms with Gasteiger partial charge < -0.3 is 10.1 Å². The van der Waals surface area contributed by atoms with Crippen molar-refractivity contribution in [2.75, 3.05) is 19.8 Å². The minimum Gasteiger partial charge on any atom is -0.382 e. The van der Waals surface area contributed by atoms with E-state index in [-0.39, 0.29) is 0 Å². The van der Waals surface area contributed by atoms with Gasteiger partial charge in [-0.3, -0.25) is 4.98 Å². The number of nitrogens with one attached hydrogen (secondary N) is 1. The van der Waals surface area contributed by atoms with Crippen LogP contribution in [0.15, 0.2) is 22.9 Å². The molecule has 1 aromatic heterocycles. The van der Waals surface area contributed by atoms with Gasteiger partial charge in [0.25, 0.3) is 0 Å². The molecule has 102 valence electrons. The Kier molecular flexibility index (Phi) is 8.22. The van der Waals surface area contributed by atoms with E-state index in [0.717, 1.165) is 43.5 Å². The summed E-state index contributed by atoms with van der Waals surface area (Å²) in [4.78, 5) is 4.21. The monoisotopic (exact) mass is 314 g/mol. The van der Waals surface area contributed by atoms with Crippen molar-refractivity contribution in [3.05, 3.63) is 28.5 Å². The van der Waals surface area contributed by atoms with E-state index in [4.69, 9.17) is 4.74 Å². The van der Waals surface area contributed by atoms with Crippen molar-refractivity contribution in [1.29, 1.82) is 0 Å². The SMILES string of the molecule is CCCNC(CCOCC)Cc1cncc(Br)c1. The molecule has 0 aliphatic carbocycles. The normalized spacial score (nSPS) is 12.6. The van der Waals surface area contributed by atoms with Crippen molar-refractivity contribution >= 4 is 15.9 Å². The average molecular weight is 315 g/mol. The summed E-state index contributed by atoms with van der Waals surface area (Å²) in [5, 5.41) is 3.57. The third kappa shape index (κ3) is 6.47. The molecular weight excluding hydrogens is 292 g/mol. The molecule has 1 unspecified atom stereocenters. The lowest BCUT2D eigenvalue weighted by Crippen LogP contribution is -2.33. The number of aromatic nitrogens is 1. The van der Waals surface area contributed by atoms with Gasteiger partial charge in [0.1, 0.15) is 0 Å². The van der Waals surface area contributed by atoms with Gasteiger partial charge in [0.15, 0.2) is 0 Å². The Morgan fingerprint density at radius 2 is 2.22 bits per heavy atom. The standard InChI is InChI=1S/C14H23BrN2O/c1-3-6-17-14(5-7-18-4-2)9-12-8-13(15)11-16-10-12/h8,10-11,14,17H,3-7,9H2,1-2H3. The molecule has 0 radical (unpaired) electrons. The molecule has 0 aliphatic rings. The number of halogens is 1. The molecule has 1 aromatic rings. The van der Waals surface area contributed by atoms with E-state index in [0.29, 0.717) is 6.04 Å². The minimum atomic E-state index is 0.465. The van der Waals surface area contributed by atoms with Crippen molar-refractivity contribution in [3.63, 3.8) is 0 Å². The molecule has 1 rings (SSSR count). The van der Waals surface area contributed by atoms with Crippen LogP contribution in [0.3, 0.4) is 0 Å². The number of pyridine rings is 1. The van der Waals surface area contributed by atoms with Crippen LogP contribution in [0.2, 0.25) is 0 Å². The summed E-state index contributed by atoms with van der Waals surface area (Å²) in [5.41, 5.74) is 1.26. The molecule has 1 heterocycles. The molecule has 0 amide bonds. The number of hydrogen-bond acceptors (Lipinski definition) is 3. The maximum Gasteiger partial charge on any atom is 0.0480 e. The summed E-state index contributed by atoms with van der Waals surface area (Å²) in [6.45, 7) is 6.89. The van der Waals surface area contributed by atoms with Crippen LogP contribution in [0.5, 0.6) is 0 Å². The molecular formula is C14H23BrN2O. The number of nitrogens with zero attached hydrogens (tertiary/aromatic N) is 1. The zero-order chi connectivity index (χ0) is 13.2. The Bertz CT molecular complexity index is 333. The second-order valence-corrected chi connectivity index (χ2v) is 5.27. The first-order valence-electron chi connectivity index (χ1n) is 6.66. The summed E-state index contributed by atoms with van der Waals surface area (Å²) in [6, 6.07) is 2.60. The predicted octanol–water partition coefficient (Wildman–Crippen LogP) is 3.18. The first kappa shape index (κ1) is 15.6. The minimum absolute atomic E-state index is 0.465. The number of rotatable bonds is 9. The van der Waals surface area contributed by atoms with Gasteiger partial charge in [0.2, 0.25) is 0 Å². The molecule has 0 bridgehead atoms. The topological polar surface area (TPSA) is 34.1 Å². The molecule has 0 aliphatic heterocycles. The summed E-state index contributed by atoms with van der Waals surface area (Å²) >= 11 is 3.46.